The Kier molecular flexibility index (Phi) is 5.05. The Hall–Kier alpha value is -2.72. The second kappa shape index (κ2) is 7.26. The van der Waals surface area contributed by atoms with Gasteiger partial charge in [-0.25, -0.2) is 8.42 Å². The molecular weight excluding hydrogens is 424 g/mol. The number of halogens is 1. The van der Waals surface area contributed by atoms with Gasteiger partial charge in [0.1, 0.15) is 0 Å². The van der Waals surface area contributed by atoms with Crippen LogP contribution in [0.15, 0.2) is 62.6 Å². The molecule has 134 valence electrons. The Balaban J connectivity index is 1.73. The molecule has 1 aromatic carbocycles. The molecule has 0 saturated carbocycles. The van der Waals surface area contributed by atoms with Gasteiger partial charge in [0.25, 0.3) is 5.91 Å². The number of aromatic nitrogens is 2. The van der Waals surface area contributed by atoms with Crippen molar-refractivity contribution in [1.82, 2.24) is 9.97 Å². The molecule has 2 aromatic heterocycles. The summed E-state index contributed by atoms with van der Waals surface area (Å²) in [5.41, 5.74) is 1.02. The third-order valence-corrected chi connectivity index (χ3v) is 4.89. The smallest absolute Gasteiger partial charge is 0.291 e. The highest BCUT2D eigenvalue weighted by atomic mass is 79.9. The number of nitrogens with zero attached hydrogens (tertiary/aromatic N) is 3. The Morgan fingerprint density at radius 2 is 1.88 bits per heavy atom. The van der Waals surface area contributed by atoms with E-state index in [4.69, 9.17) is 4.42 Å². The summed E-state index contributed by atoms with van der Waals surface area (Å²) in [6, 6.07) is 10.3. The predicted molar refractivity (Wildman–Crippen MR) is 97.8 cm³/mol. The molecule has 2 heterocycles. The van der Waals surface area contributed by atoms with E-state index < -0.39 is 15.9 Å². The molecule has 3 aromatic rings. The standard InChI is InChI=1S/C16H13BrN4O4S/c1-10-8-9-18-16(19-10)21-26(23,24)12-4-2-11(3-5-12)20-15(22)13-6-7-14(17)25-13/h2-9H,1H3,(H2,18,19,20,21,22)/p-1. The van der Waals surface area contributed by atoms with Crippen molar-refractivity contribution in [2.75, 3.05) is 5.32 Å². The quantitative estimate of drug-likeness (QED) is 0.651. The molecule has 1 N–H and O–H groups in total. The van der Waals surface area contributed by atoms with Crippen molar-refractivity contribution in [3.8, 4) is 0 Å². The number of carbonyl (C=O) groups excluding carboxylic acids is 1. The van der Waals surface area contributed by atoms with Gasteiger partial charge in [-0.2, -0.15) is 0 Å². The van der Waals surface area contributed by atoms with Crippen molar-refractivity contribution in [1.29, 1.82) is 0 Å². The Bertz CT molecular complexity index is 1050. The maximum atomic E-state index is 12.3. The lowest BCUT2D eigenvalue weighted by Gasteiger charge is -2.13. The fourth-order valence-corrected chi connectivity index (χ4v) is 3.17. The molecule has 0 aliphatic heterocycles. The van der Waals surface area contributed by atoms with Crippen molar-refractivity contribution in [3.05, 3.63) is 69.5 Å². The average molecular weight is 436 g/mol. The first-order valence-corrected chi connectivity index (χ1v) is 9.51. The summed E-state index contributed by atoms with van der Waals surface area (Å²) in [6.45, 7) is 1.71. The number of sulfonamides is 1. The highest BCUT2D eigenvalue weighted by Gasteiger charge is 2.14. The van der Waals surface area contributed by atoms with Crippen molar-refractivity contribution in [3.63, 3.8) is 0 Å². The monoisotopic (exact) mass is 435 g/mol. The fourth-order valence-electron chi connectivity index (χ4n) is 1.98. The number of benzene rings is 1. The molecule has 0 aliphatic carbocycles. The Morgan fingerprint density at radius 1 is 1.15 bits per heavy atom. The molecular formula is C16H12BrN4O4S-. The summed E-state index contributed by atoms with van der Waals surface area (Å²) >= 11 is 3.11. The summed E-state index contributed by atoms with van der Waals surface area (Å²) in [6.07, 6.45) is 1.43. The summed E-state index contributed by atoms with van der Waals surface area (Å²) in [7, 11) is -3.96. The summed E-state index contributed by atoms with van der Waals surface area (Å²) < 4.78 is 33.8. The van der Waals surface area contributed by atoms with Gasteiger partial charge in [-0.3, -0.25) is 9.52 Å². The van der Waals surface area contributed by atoms with Gasteiger partial charge in [-0.1, -0.05) is 6.07 Å². The van der Waals surface area contributed by atoms with Crippen LogP contribution >= 0.6 is 15.9 Å². The number of furan rings is 1. The molecule has 0 atom stereocenters. The van der Waals surface area contributed by atoms with Gasteiger partial charge in [0.15, 0.2) is 10.4 Å². The summed E-state index contributed by atoms with van der Waals surface area (Å²) in [4.78, 5) is 19.7. The van der Waals surface area contributed by atoms with Crippen molar-refractivity contribution >= 4 is 43.5 Å². The van der Waals surface area contributed by atoms with Gasteiger partial charge in [-0.15, -0.1) is 0 Å². The number of hydrogen-bond donors (Lipinski definition) is 1. The van der Waals surface area contributed by atoms with E-state index in [1.807, 2.05) is 0 Å². The zero-order valence-electron chi connectivity index (χ0n) is 13.4. The minimum Gasteiger partial charge on any atom is -0.444 e. The third kappa shape index (κ3) is 4.27. The van der Waals surface area contributed by atoms with Crippen LogP contribution in [0.4, 0.5) is 11.6 Å². The summed E-state index contributed by atoms with van der Waals surface area (Å²) in [5.74, 6) is -0.463. The highest BCUT2D eigenvalue weighted by molar-refractivity contribution is 9.10. The second-order valence-electron chi connectivity index (χ2n) is 5.15. The molecule has 8 nitrogen and oxygen atoms in total. The molecule has 26 heavy (non-hydrogen) atoms. The van der Waals surface area contributed by atoms with Crippen LogP contribution in [0.25, 0.3) is 4.72 Å². The molecule has 0 radical (unpaired) electrons. The van der Waals surface area contributed by atoms with Crippen LogP contribution < -0.4 is 5.32 Å². The van der Waals surface area contributed by atoms with E-state index in [0.29, 0.717) is 16.1 Å². The number of nitrogens with one attached hydrogen (secondary N) is 1. The molecule has 3 rings (SSSR count). The molecule has 1 amide bonds. The predicted octanol–water partition coefficient (Wildman–Crippen LogP) is 3.79. The topological polar surface area (TPSA) is 116 Å². The van der Waals surface area contributed by atoms with Crippen molar-refractivity contribution in [2.24, 2.45) is 0 Å². The normalized spacial score (nSPS) is 11.2. The molecule has 0 saturated heterocycles. The Labute approximate surface area is 157 Å². The van der Waals surface area contributed by atoms with E-state index in [9.17, 15) is 13.2 Å². The van der Waals surface area contributed by atoms with E-state index in [1.165, 1.54) is 36.5 Å². The number of amides is 1. The van der Waals surface area contributed by atoms with Crippen LogP contribution in [-0.2, 0) is 10.0 Å². The number of aryl methyl sites for hydroxylation is 1. The van der Waals surface area contributed by atoms with E-state index in [0.717, 1.165) is 0 Å². The maximum absolute atomic E-state index is 12.3. The average Bonchev–Trinajstić information content (AvgIpc) is 3.01. The summed E-state index contributed by atoms with van der Waals surface area (Å²) in [5, 5.41) is 2.60. The van der Waals surface area contributed by atoms with Crippen molar-refractivity contribution < 1.29 is 17.6 Å². The molecule has 0 fully saturated rings. The lowest BCUT2D eigenvalue weighted by atomic mass is 10.3. The molecule has 0 bridgehead atoms. The lowest BCUT2D eigenvalue weighted by molar-refractivity contribution is 0.0995. The van der Waals surface area contributed by atoms with Crippen molar-refractivity contribution in [2.45, 2.75) is 11.8 Å². The first-order chi connectivity index (χ1) is 12.3. The molecule has 0 spiro atoms. The molecule has 0 unspecified atom stereocenters. The minimum absolute atomic E-state index is 0.0404. The van der Waals surface area contributed by atoms with E-state index in [1.54, 1.807) is 19.1 Å². The zero-order valence-corrected chi connectivity index (χ0v) is 15.8. The first kappa shape index (κ1) is 18.1. The molecule has 0 aliphatic rings. The van der Waals surface area contributed by atoms with Gasteiger partial charge in [0.2, 0.25) is 10.0 Å². The fraction of sp³-hybridized carbons (Fsp3) is 0.0625. The zero-order chi connectivity index (χ0) is 18.7. The van der Waals surface area contributed by atoms with E-state index >= 15 is 0 Å². The number of rotatable bonds is 5. The number of hydrogen-bond acceptors (Lipinski definition) is 6. The highest BCUT2D eigenvalue weighted by Crippen LogP contribution is 2.25. The van der Waals surface area contributed by atoms with Gasteiger partial charge in [0, 0.05) is 11.6 Å². The third-order valence-electron chi connectivity index (χ3n) is 3.19. The second-order valence-corrected chi connectivity index (χ2v) is 7.53. The van der Waals surface area contributed by atoms with Crippen LogP contribution in [-0.4, -0.2) is 24.3 Å². The van der Waals surface area contributed by atoms with Gasteiger partial charge >= 0.3 is 0 Å². The van der Waals surface area contributed by atoms with Gasteiger partial charge in [0.05, 0.1) is 4.90 Å². The van der Waals surface area contributed by atoms with E-state index in [-0.39, 0.29) is 16.6 Å². The lowest BCUT2D eigenvalue weighted by Crippen LogP contribution is -2.11. The van der Waals surface area contributed by atoms with Crippen LogP contribution in [0, 0.1) is 6.92 Å². The number of carbonyl (C=O) groups is 1. The van der Waals surface area contributed by atoms with Crippen LogP contribution in [0.3, 0.4) is 0 Å². The van der Waals surface area contributed by atoms with Crippen LogP contribution in [0.1, 0.15) is 16.2 Å². The Morgan fingerprint density at radius 3 is 2.50 bits per heavy atom. The van der Waals surface area contributed by atoms with Crippen LogP contribution in [0.2, 0.25) is 0 Å². The first-order valence-electron chi connectivity index (χ1n) is 7.28. The van der Waals surface area contributed by atoms with Crippen LogP contribution in [0.5, 0.6) is 0 Å². The van der Waals surface area contributed by atoms with E-state index in [2.05, 4.69) is 35.9 Å². The molecule has 10 heteroatoms. The maximum Gasteiger partial charge on any atom is 0.291 e. The number of anilines is 1. The minimum atomic E-state index is -3.96. The van der Waals surface area contributed by atoms with Gasteiger partial charge in [-0.05, 0) is 71.1 Å². The SMILES string of the molecule is Cc1ccnc([N-]S(=O)(=O)c2ccc(NC(=O)c3ccc(Br)o3)cc2)n1. The largest absolute Gasteiger partial charge is 0.444 e. The van der Waals surface area contributed by atoms with Gasteiger partial charge < -0.3 is 19.7 Å².